The van der Waals surface area contributed by atoms with E-state index in [1.54, 1.807) is 0 Å². The lowest BCUT2D eigenvalue weighted by Crippen LogP contribution is -2.47. The average Bonchev–Trinajstić information content (AvgIpc) is 2.95. The van der Waals surface area contributed by atoms with Gasteiger partial charge in [-0.3, -0.25) is 9.69 Å². The maximum absolute atomic E-state index is 12.4. The fourth-order valence-corrected chi connectivity index (χ4v) is 2.78. The number of carbonyl (C=O) groups is 1. The molecule has 1 saturated heterocycles. The first-order chi connectivity index (χ1) is 9.76. The van der Waals surface area contributed by atoms with Crippen molar-refractivity contribution in [2.45, 2.75) is 6.92 Å². The molecule has 1 aromatic heterocycles. The van der Waals surface area contributed by atoms with Crippen molar-refractivity contribution in [3.05, 3.63) is 36.0 Å². The highest BCUT2D eigenvalue weighted by Crippen LogP contribution is 2.15. The van der Waals surface area contributed by atoms with Crippen LogP contribution in [-0.4, -0.2) is 59.8 Å². The minimum Gasteiger partial charge on any atom is -0.361 e. The Morgan fingerprint density at radius 2 is 1.90 bits per heavy atom. The number of hydrogen-bond acceptors (Lipinski definition) is 3. The minimum atomic E-state index is 0.214. The van der Waals surface area contributed by atoms with E-state index in [2.05, 4.69) is 21.7 Å². The second-order valence-electron chi connectivity index (χ2n) is 5.41. The van der Waals surface area contributed by atoms with E-state index in [4.69, 9.17) is 0 Å². The Kier molecular flexibility index (Phi) is 3.85. The van der Waals surface area contributed by atoms with E-state index in [0.717, 1.165) is 49.2 Å². The molecule has 4 heteroatoms. The van der Waals surface area contributed by atoms with Gasteiger partial charge in [0, 0.05) is 43.5 Å². The van der Waals surface area contributed by atoms with Crippen molar-refractivity contribution < 1.29 is 4.79 Å². The lowest BCUT2D eigenvalue weighted by molar-refractivity contribution is 0.0859. The van der Waals surface area contributed by atoms with Gasteiger partial charge in [-0.15, -0.1) is 0 Å². The van der Waals surface area contributed by atoms with Crippen molar-refractivity contribution in [3.8, 4) is 0 Å². The van der Waals surface area contributed by atoms with E-state index in [9.17, 15) is 4.79 Å². The quantitative estimate of drug-likeness (QED) is 0.864. The number of likely N-dealkylation sites (N-methyl/N-ethyl adjacent to an activating group) is 1. The van der Waals surface area contributed by atoms with Crippen LogP contribution in [0.2, 0.25) is 0 Å². The number of hydrogen-bond donors (Lipinski definition) is 1. The lowest BCUT2D eigenvalue weighted by atomic mass is 10.1. The van der Waals surface area contributed by atoms with Crippen LogP contribution in [0.1, 0.15) is 17.3 Å². The summed E-state index contributed by atoms with van der Waals surface area (Å²) in [6, 6.07) is 7.92. The zero-order valence-corrected chi connectivity index (χ0v) is 11.9. The van der Waals surface area contributed by atoms with Crippen LogP contribution in [0.15, 0.2) is 30.5 Å². The Labute approximate surface area is 119 Å². The first-order valence-electron chi connectivity index (χ1n) is 7.31. The molecule has 2 aromatic rings. The third-order valence-electron chi connectivity index (χ3n) is 4.16. The van der Waals surface area contributed by atoms with Gasteiger partial charge in [0.2, 0.25) is 0 Å². The van der Waals surface area contributed by atoms with Crippen LogP contribution in [0.3, 0.4) is 0 Å². The van der Waals surface area contributed by atoms with Crippen LogP contribution in [0, 0.1) is 0 Å². The van der Waals surface area contributed by atoms with E-state index in [1.165, 1.54) is 0 Å². The predicted octanol–water partition coefficient (Wildman–Crippen LogP) is 1.99. The molecule has 0 amide bonds. The van der Waals surface area contributed by atoms with Crippen LogP contribution in [0.4, 0.5) is 0 Å². The molecule has 1 fully saturated rings. The van der Waals surface area contributed by atoms with Crippen LogP contribution in [0.5, 0.6) is 0 Å². The summed E-state index contributed by atoms with van der Waals surface area (Å²) in [7, 11) is 0. The van der Waals surface area contributed by atoms with Gasteiger partial charge in [-0.2, -0.15) is 0 Å². The van der Waals surface area contributed by atoms with Gasteiger partial charge < -0.3 is 9.88 Å². The molecule has 2 heterocycles. The number of ketones is 1. The summed E-state index contributed by atoms with van der Waals surface area (Å²) < 4.78 is 0. The highest BCUT2D eigenvalue weighted by molar-refractivity contribution is 6.00. The van der Waals surface area contributed by atoms with Gasteiger partial charge in [-0.1, -0.05) is 19.1 Å². The minimum absolute atomic E-state index is 0.214. The molecule has 1 aliphatic rings. The Bertz CT molecular complexity index is 597. The Hall–Kier alpha value is -1.65. The summed E-state index contributed by atoms with van der Waals surface area (Å²) in [4.78, 5) is 20.2. The molecule has 0 saturated carbocycles. The molecule has 0 aliphatic carbocycles. The number of benzene rings is 1. The van der Waals surface area contributed by atoms with Crippen LogP contribution >= 0.6 is 0 Å². The van der Waals surface area contributed by atoms with Gasteiger partial charge >= 0.3 is 0 Å². The summed E-state index contributed by atoms with van der Waals surface area (Å²) in [6.07, 6.45) is 1.91. The molecule has 0 radical (unpaired) electrons. The molecule has 1 aromatic carbocycles. The van der Waals surface area contributed by atoms with Gasteiger partial charge in [-0.05, 0) is 24.1 Å². The molecule has 106 valence electrons. The number of nitrogens with zero attached hydrogens (tertiary/aromatic N) is 2. The van der Waals surface area contributed by atoms with Gasteiger partial charge in [0.1, 0.15) is 0 Å². The second kappa shape index (κ2) is 5.77. The number of aromatic nitrogens is 1. The van der Waals surface area contributed by atoms with Crippen LogP contribution in [0.25, 0.3) is 10.9 Å². The van der Waals surface area contributed by atoms with Crippen molar-refractivity contribution >= 4 is 16.7 Å². The predicted molar refractivity (Wildman–Crippen MR) is 81.2 cm³/mol. The topological polar surface area (TPSA) is 39.3 Å². The lowest BCUT2D eigenvalue weighted by Gasteiger charge is -2.33. The molecule has 0 spiro atoms. The highest BCUT2D eigenvalue weighted by Gasteiger charge is 2.18. The number of aromatic amines is 1. The molecule has 1 N–H and O–H groups in total. The standard InChI is InChI=1S/C16H21N3O/c1-2-18-7-9-19(10-8-18)12-16(20)14-4-3-13-5-6-17-15(13)11-14/h3-6,11,17H,2,7-10,12H2,1H3. The third kappa shape index (κ3) is 2.76. The van der Waals surface area contributed by atoms with Gasteiger partial charge in [0.15, 0.2) is 5.78 Å². The second-order valence-corrected chi connectivity index (χ2v) is 5.41. The molecule has 0 bridgehead atoms. The number of piperazine rings is 1. The first-order valence-corrected chi connectivity index (χ1v) is 7.31. The number of carbonyl (C=O) groups excluding carboxylic acids is 1. The van der Waals surface area contributed by atoms with Crippen molar-refractivity contribution in [1.82, 2.24) is 14.8 Å². The molecule has 4 nitrogen and oxygen atoms in total. The van der Waals surface area contributed by atoms with Crippen LogP contribution in [-0.2, 0) is 0 Å². The van der Waals surface area contributed by atoms with Gasteiger partial charge in [-0.25, -0.2) is 0 Å². The molecule has 0 atom stereocenters. The third-order valence-corrected chi connectivity index (χ3v) is 4.16. The number of nitrogens with one attached hydrogen (secondary N) is 1. The van der Waals surface area contributed by atoms with E-state index >= 15 is 0 Å². The monoisotopic (exact) mass is 271 g/mol. The maximum atomic E-state index is 12.4. The Balaban J connectivity index is 1.64. The SMILES string of the molecule is CCN1CCN(CC(=O)c2ccc3cc[nH]c3c2)CC1. The molecule has 3 rings (SSSR count). The fourth-order valence-electron chi connectivity index (χ4n) is 2.78. The Morgan fingerprint density at radius 1 is 1.15 bits per heavy atom. The molecular weight excluding hydrogens is 250 g/mol. The van der Waals surface area contributed by atoms with Gasteiger partial charge in [0.05, 0.1) is 6.54 Å². The smallest absolute Gasteiger partial charge is 0.176 e. The van der Waals surface area contributed by atoms with E-state index < -0.39 is 0 Å². The number of rotatable bonds is 4. The summed E-state index contributed by atoms with van der Waals surface area (Å²) in [5.74, 6) is 0.214. The van der Waals surface area contributed by atoms with Gasteiger partial charge in [0.25, 0.3) is 0 Å². The zero-order valence-electron chi connectivity index (χ0n) is 11.9. The normalized spacial score (nSPS) is 17.6. The first kappa shape index (κ1) is 13.3. The summed E-state index contributed by atoms with van der Waals surface area (Å²) in [6.45, 7) is 7.94. The number of H-pyrrole nitrogens is 1. The van der Waals surface area contributed by atoms with Crippen molar-refractivity contribution in [2.75, 3.05) is 39.3 Å². The van der Waals surface area contributed by atoms with Crippen LogP contribution < -0.4 is 0 Å². The van der Waals surface area contributed by atoms with Crippen molar-refractivity contribution in [1.29, 1.82) is 0 Å². The molecule has 1 aliphatic heterocycles. The fraction of sp³-hybridized carbons (Fsp3) is 0.438. The Morgan fingerprint density at radius 3 is 2.65 bits per heavy atom. The maximum Gasteiger partial charge on any atom is 0.176 e. The summed E-state index contributed by atoms with van der Waals surface area (Å²) >= 11 is 0. The number of fused-ring (bicyclic) bond motifs is 1. The molecule has 20 heavy (non-hydrogen) atoms. The molecular formula is C16H21N3O. The number of Topliss-reactive ketones (excluding diaryl/α,β-unsaturated/α-hetero) is 1. The van der Waals surface area contributed by atoms with E-state index in [1.807, 2.05) is 30.5 Å². The average molecular weight is 271 g/mol. The summed E-state index contributed by atoms with van der Waals surface area (Å²) in [5.41, 5.74) is 1.84. The molecule has 0 unspecified atom stereocenters. The van der Waals surface area contributed by atoms with Crippen molar-refractivity contribution in [2.24, 2.45) is 0 Å². The van der Waals surface area contributed by atoms with E-state index in [-0.39, 0.29) is 5.78 Å². The summed E-state index contributed by atoms with van der Waals surface area (Å²) in [5, 5.41) is 1.15. The zero-order chi connectivity index (χ0) is 13.9. The van der Waals surface area contributed by atoms with E-state index in [0.29, 0.717) is 6.54 Å². The van der Waals surface area contributed by atoms with Crippen molar-refractivity contribution in [3.63, 3.8) is 0 Å². The largest absolute Gasteiger partial charge is 0.361 e. The highest BCUT2D eigenvalue weighted by atomic mass is 16.1.